The standard InChI is InChI=1S/C8H13N3O2/c1-5(9)3-11-8(12)7-4-10-6(2)13-7/h4-5H,3,9H2,1-2H3,(H,11,12). The van der Waals surface area contributed by atoms with Crippen molar-refractivity contribution in [3.63, 3.8) is 0 Å². The molecule has 5 nitrogen and oxygen atoms in total. The van der Waals surface area contributed by atoms with Crippen LogP contribution in [-0.4, -0.2) is 23.5 Å². The van der Waals surface area contributed by atoms with Crippen LogP contribution in [0.5, 0.6) is 0 Å². The molecule has 13 heavy (non-hydrogen) atoms. The van der Waals surface area contributed by atoms with E-state index < -0.39 is 0 Å². The normalized spacial score (nSPS) is 12.5. The third kappa shape index (κ3) is 2.87. The molecule has 3 N–H and O–H groups in total. The molecular formula is C8H13N3O2. The number of hydrogen-bond donors (Lipinski definition) is 2. The molecule has 1 atom stereocenters. The Bertz CT molecular complexity index is 293. The molecular weight excluding hydrogens is 170 g/mol. The molecule has 1 amide bonds. The molecule has 1 rings (SSSR count). The molecule has 0 bridgehead atoms. The first-order valence-corrected chi connectivity index (χ1v) is 4.06. The lowest BCUT2D eigenvalue weighted by molar-refractivity contribution is 0.0922. The summed E-state index contributed by atoms with van der Waals surface area (Å²) in [5, 5.41) is 2.61. The van der Waals surface area contributed by atoms with Gasteiger partial charge in [-0.2, -0.15) is 0 Å². The Morgan fingerprint density at radius 1 is 1.85 bits per heavy atom. The van der Waals surface area contributed by atoms with E-state index in [1.54, 1.807) is 6.92 Å². The lowest BCUT2D eigenvalue weighted by Crippen LogP contribution is -2.34. The predicted molar refractivity (Wildman–Crippen MR) is 47.2 cm³/mol. The van der Waals surface area contributed by atoms with E-state index in [0.29, 0.717) is 12.4 Å². The van der Waals surface area contributed by atoms with Gasteiger partial charge in [0, 0.05) is 19.5 Å². The molecule has 0 radical (unpaired) electrons. The van der Waals surface area contributed by atoms with Gasteiger partial charge in [-0.15, -0.1) is 0 Å². The number of nitrogens with two attached hydrogens (primary N) is 1. The fraction of sp³-hybridized carbons (Fsp3) is 0.500. The first-order chi connectivity index (χ1) is 6.09. The first kappa shape index (κ1) is 9.73. The molecule has 0 saturated heterocycles. The molecule has 1 unspecified atom stereocenters. The molecule has 0 aliphatic carbocycles. The van der Waals surface area contributed by atoms with Gasteiger partial charge in [0.2, 0.25) is 5.76 Å². The van der Waals surface area contributed by atoms with Crippen LogP contribution in [0.2, 0.25) is 0 Å². The minimum Gasteiger partial charge on any atom is -0.436 e. The second kappa shape index (κ2) is 4.04. The van der Waals surface area contributed by atoms with Crippen LogP contribution in [0.15, 0.2) is 10.6 Å². The summed E-state index contributed by atoms with van der Waals surface area (Å²) in [6.45, 7) is 3.92. The van der Waals surface area contributed by atoms with E-state index >= 15 is 0 Å². The van der Waals surface area contributed by atoms with Gasteiger partial charge in [-0.1, -0.05) is 0 Å². The number of aryl methyl sites for hydroxylation is 1. The fourth-order valence-corrected chi connectivity index (χ4v) is 0.807. The smallest absolute Gasteiger partial charge is 0.288 e. The Balaban J connectivity index is 2.49. The van der Waals surface area contributed by atoms with Crippen molar-refractivity contribution < 1.29 is 9.21 Å². The second-order valence-corrected chi connectivity index (χ2v) is 2.93. The maximum absolute atomic E-state index is 11.3. The van der Waals surface area contributed by atoms with Crippen LogP contribution < -0.4 is 11.1 Å². The summed E-state index contributed by atoms with van der Waals surface area (Å²) >= 11 is 0. The number of hydrogen-bond acceptors (Lipinski definition) is 4. The van der Waals surface area contributed by atoms with Gasteiger partial charge < -0.3 is 15.5 Å². The number of nitrogens with zero attached hydrogens (tertiary/aromatic N) is 1. The van der Waals surface area contributed by atoms with E-state index in [9.17, 15) is 4.79 Å². The maximum Gasteiger partial charge on any atom is 0.288 e. The van der Waals surface area contributed by atoms with Crippen LogP contribution in [0.1, 0.15) is 23.4 Å². The number of rotatable bonds is 3. The predicted octanol–water partition coefficient (Wildman–Crippen LogP) is 0.0600. The average Bonchev–Trinajstić information content (AvgIpc) is 2.47. The molecule has 0 aliphatic heterocycles. The summed E-state index contributed by atoms with van der Waals surface area (Å²) in [4.78, 5) is 15.1. The third-order valence-corrected chi connectivity index (χ3v) is 1.43. The monoisotopic (exact) mass is 183 g/mol. The molecule has 0 aromatic carbocycles. The highest BCUT2D eigenvalue weighted by Crippen LogP contribution is 2.00. The molecule has 1 aromatic heterocycles. The van der Waals surface area contributed by atoms with Gasteiger partial charge in [-0.3, -0.25) is 4.79 Å². The van der Waals surface area contributed by atoms with Crippen molar-refractivity contribution in [1.29, 1.82) is 0 Å². The Labute approximate surface area is 76.3 Å². The molecule has 0 spiro atoms. The van der Waals surface area contributed by atoms with Gasteiger partial charge in [0.05, 0.1) is 6.20 Å². The lowest BCUT2D eigenvalue weighted by atomic mass is 10.3. The Morgan fingerprint density at radius 2 is 2.54 bits per heavy atom. The topological polar surface area (TPSA) is 81.2 Å². The summed E-state index contributed by atoms with van der Waals surface area (Å²) in [5.41, 5.74) is 5.46. The van der Waals surface area contributed by atoms with Crippen molar-refractivity contribution in [2.24, 2.45) is 5.73 Å². The van der Waals surface area contributed by atoms with Crippen LogP contribution in [0.3, 0.4) is 0 Å². The number of aromatic nitrogens is 1. The van der Waals surface area contributed by atoms with Gasteiger partial charge in [-0.25, -0.2) is 4.98 Å². The molecule has 5 heteroatoms. The van der Waals surface area contributed by atoms with E-state index in [4.69, 9.17) is 10.2 Å². The van der Waals surface area contributed by atoms with Crippen molar-refractivity contribution in [3.05, 3.63) is 17.8 Å². The van der Waals surface area contributed by atoms with Gasteiger partial charge in [0.1, 0.15) is 0 Å². The van der Waals surface area contributed by atoms with Crippen molar-refractivity contribution in [2.75, 3.05) is 6.54 Å². The van der Waals surface area contributed by atoms with E-state index in [1.165, 1.54) is 6.20 Å². The van der Waals surface area contributed by atoms with Crippen LogP contribution >= 0.6 is 0 Å². The number of carbonyl (C=O) groups excluding carboxylic acids is 1. The highest BCUT2D eigenvalue weighted by Gasteiger charge is 2.10. The summed E-state index contributed by atoms with van der Waals surface area (Å²) in [6, 6.07) is -0.0621. The van der Waals surface area contributed by atoms with Crippen molar-refractivity contribution in [2.45, 2.75) is 19.9 Å². The van der Waals surface area contributed by atoms with Crippen LogP contribution in [0.25, 0.3) is 0 Å². The summed E-state index contributed by atoms with van der Waals surface area (Å²) in [6.07, 6.45) is 1.39. The van der Waals surface area contributed by atoms with E-state index in [1.807, 2.05) is 6.92 Å². The summed E-state index contributed by atoms with van der Waals surface area (Å²) < 4.78 is 5.01. The zero-order valence-electron chi connectivity index (χ0n) is 7.70. The van der Waals surface area contributed by atoms with Crippen molar-refractivity contribution in [3.8, 4) is 0 Å². The van der Waals surface area contributed by atoms with Crippen LogP contribution in [-0.2, 0) is 0 Å². The average molecular weight is 183 g/mol. The first-order valence-electron chi connectivity index (χ1n) is 4.06. The fourth-order valence-electron chi connectivity index (χ4n) is 0.807. The summed E-state index contributed by atoms with van der Waals surface area (Å²) in [5.74, 6) is 0.419. The number of nitrogens with one attached hydrogen (secondary N) is 1. The van der Waals surface area contributed by atoms with E-state index in [-0.39, 0.29) is 17.7 Å². The number of oxazole rings is 1. The van der Waals surface area contributed by atoms with Crippen molar-refractivity contribution in [1.82, 2.24) is 10.3 Å². The second-order valence-electron chi connectivity index (χ2n) is 2.93. The molecule has 1 heterocycles. The Kier molecular flexibility index (Phi) is 3.02. The van der Waals surface area contributed by atoms with Crippen LogP contribution in [0, 0.1) is 6.92 Å². The maximum atomic E-state index is 11.3. The number of amides is 1. The quantitative estimate of drug-likeness (QED) is 0.694. The van der Waals surface area contributed by atoms with Gasteiger partial charge >= 0.3 is 0 Å². The molecule has 72 valence electrons. The van der Waals surface area contributed by atoms with E-state index in [2.05, 4.69) is 10.3 Å². The minimum atomic E-state index is -0.280. The Hall–Kier alpha value is -1.36. The van der Waals surface area contributed by atoms with Gasteiger partial charge in [-0.05, 0) is 6.92 Å². The number of carbonyl (C=O) groups is 1. The van der Waals surface area contributed by atoms with Gasteiger partial charge in [0.25, 0.3) is 5.91 Å². The Morgan fingerprint density at radius 3 is 3.00 bits per heavy atom. The lowest BCUT2D eigenvalue weighted by Gasteiger charge is -2.04. The third-order valence-electron chi connectivity index (χ3n) is 1.43. The highest BCUT2D eigenvalue weighted by molar-refractivity contribution is 5.91. The highest BCUT2D eigenvalue weighted by atomic mass is 16.4. The molecule has 1 aromatic rings. The van der Waals surface area contributed by atoms with Crippen LogP contribution in [0.4, 0.5) is 0 Å². The van der Waals surface area contributed by atoms with Gasteiger partial charge in [0.15, 0.2) is 5.89 Å². The zero-order chi connectivity index (χ0) is 9.84. The van der Waals surface area contributed by atoms with E-state index in [0.717, 1.165) is 0 Å². The largest absolute Gasteiger partial charge is 0.436 e. The van der Waals surface area contributed by atoms with Crippen molar-refractivity contribution >= 4 is 5.91 Å². The summed E-state index contributed by atoms with van der Waals surface area (Å²) in [7, 11) is 0. The zero-order valence-corrected chi connectivity index (χ0v) is 7.70. The molecule has 0 aliphatic rings. The SMILES string of the molecule is Cc1ncc(C(=O)NCC(C)N)o1. The molecule has 0 fully saturated rings. The minimum absolute atomic E-state index is 0.0621. The molecule has 0 saturated carbocycles.